The first-order chi connectivity index (χ1) is 8.15. The van der Waals surface area contributed by atoms with Crippen LogP contribution in [0.15, 0.2) is 12.3 Å². The highest BCUT2D eigenvalue weighted by Gasteiger charge is 2.27. The molecule has 0 bridgehead atoms. The summed E-state index contributed by atoms with van der Waals surface area (Å²) in [7, 11) is 0. The second-order valence-electron chi connectivity index (χ2n) is 4.32. The molecule has 2 N–H and O–H groups in total. The minimum Gasteiger partial charge on any atom is -0.351 e. The maximum absolute atomic E-state index is 6.36. The van der Waals surface area contributed by atoms with E-state index in [1.54, 1.807) is 6.20 Å². The summed E-state index contributed by atoms with van der Waals surface area (Å²) in [5.74, 6) is 2.00. The van der Waals surface area contributed by atoms with Gasteiger partial charge in [-0.3, -0.25) is 0 Å². The second kappa shape index (κ2) is 5.46. The molecule has 2 rings (SSSR count). The Morgan fingerprint density at radius 1 is 1.59 bits per heavy atom. The minimum atomic E-state index is 0.451. The zero-order chi connectivity index (χ0) is 12.4. The number of anilines is 1. The standard InChI is InChI=1S/C12H18ClN3S/c1-8-9(2)17-6-5-16(8)12-11(13)10(7-14)3-4-15-12/h3-4,8-9H,5-7,14H2,1-2H3. The van der Waals surface area contributed by atoms with Crippen molar-refractivity contribution in [2.45, 2.75) is 31.7 Å². The number of rotatable bonds is 2. The van der Waals surface area contributed by atoms with Gasteiger partial charge in [-0.2, -0.15) is 11.8 Å². The normalized spacial score (nSPS) is 25.1. The summed E-state index contributed by atoms with van der Waals surface area (Å²) in [5.41, 5.74) is 6.64. The molecule has 1 aromatic rings. The Hall–Kier alpha value is -0.450. The molecule has 0 spiro atoms. The summed E-state index contributed by atoms with van der Waals surface area (Å²) >= 11 is 8.37. The van der Waals surface area contributed by atoms with Gasteiger partial charge in [-0.25, -0.2) is 4.98 Å². The fraction of sp³-hybridized carbons (Fsp3) is 0.583. The minimum absolute atomic E-state index is 0.451. The Morgan fingerprint density at radius 3 is 3.06 bits per heavy atom. The molecule has 3 nitrogen and oxygen atoms in total. The molecule has 1 fully saturated rings. The van der Waals surface area contributed by atoms with Gasteiger partial charge in [0.05, 0.1) is 5.02 Å². The smallest absolute Gasteiger partial charge is 0.147 e. The molecule has 5 heteroatoms. The number of pyridine rings is 1. The molecular formula is C12H18ClN3S. The highest BCUT2D eigenvalue weighted by molar-refractivity contribution is 8.00. The summed E-state index contributed by atoms with van der Waals surface area (Å²) in [6.07, 6.45) is 1.79. The number of aromatic nitrogens is 1. The van der Waals surface area contributed by atoms with Gasteiger partial charge in [-0.1, -0.05) is 18.5 Å². The number of hydrogen-bond donors (Lipinski definition) is 1. The van der Waals surface area contributed by atoms with E-state index in [0.29, 0.717) is 22.9 Å². The monoisotopic (exact) mass is 271 g/mol. The Labute approximate surface area is 112 Å². The van der Waals surface area contributed by atoms with Crippen molar-refractivity contribution in [3.63, 3.8) is 0 Å². The largest absolute Gasteiger partial charge is 0.351 e. The maximum atomic E-state index is 6.36. The molecule has 2 atom stereocenters. The third-order valence-corrected chi connectivity index (χ3v) is 5.08. The molecule has 0 saturated carbocycles. The Balaban J connectivity index is 2.33. The van der Waals surface area contributed by atoms with Crippen molar-refractivity contribution in [2.75, 3.05) is 17.2 Å². The molecule has 1 aliphatic heterocycles. The molecule has 0 aliphatic carbocycles. The van der Waals surface area contributed by atoms with E-state index in [4.69, 9.17) is 17.3 Å². The van der Waals surface area contributed by atoms with E-state index in [1.165, 1.54) is 0 Å². The fourth-order valence-corrected chi connectivity index (χ4v) is 3.46. The van der Waals surface area contributed by atoms with E-state index >= 15 is 0 Å². The first-order valence-corrected chi connectivity index (χ1v) is 7.29. The van der Waals surface area contributed by atoms with Gasteiger partial charge in [0.1, 0.15) is 5.82 Å². The molecule has 0 radical (unpaired) electrons. The highest BCUT2D eigenvalue weighted by Crippen LogP contribution is 2.33. The maximum Gasteiger partial charge on any atom is 0.147 e. The van der Waals surface area contributed by atoms with Crippen LogP contribution in [0.3, 0.4) is 0 Å². The number of hydrogen-bond acceptors (Lipinski definition) is 4. The molecule has 2 unspecified atom stereocenters. The predicted octanol–water partition coefficient (Wildman–Crippen LogP) is 2.52. The van der Waals surface area contributed by atoms with Crippen molar-refractivity contribution < 1.29 is 0 Å². The lowest BCUT2D eigenvalue weighted by molar-refractivity contribution is 0.620. The van der Waals surface area contributed by atoms with E-state index in [9.17, 15) is 0 Å². The lowest BCUT2D eigenvalue weighted by Crippen LogP contribution is -2.45. The van der Waals surface area contributed by atoms with Gasteiger partial charge in [0, 0.05) is 36.3 Å². The molecule has 1 saturated heterocycles. The van der Waals surface area contributed by atoms with Crippen molar-refractivity contribution in [3.8, 4) is 0 Å². The van der Waals surface area contributed by atoms with E-state index in [1.807, 2.05) is 17.8 Å². The molecule has 0 amide bonds. The van der Waals surface area contributed by atoms with Gasteiger partial charge in [0.25, 0.3) is 0 Å². The SMILES string of the molecule is CC1SCCN(c2nccc(CN)c2Cl)C1C. The van der Waals surface area contributed by atoms with Crippen LogP contribution in [0.25, 0.3) is 0 Å². The Kier molecular flexibility index (Phi) is 4.17. The van der Waals surface area contributed by atoms with Crippen molar-refractivity contribution in [2.24, 2.45) is 5.73 Å². The third kappa shape index (κ3) is 2.54. The van der Waals surface area contributed by atoms with Crippen LogP contribution in [-0.2, 0) is 6.54 Å². The van der Waals surface area contributed by atoms with Gasteiger partial charge in [0.15, 0.2) is 0 Å². The molecule has 0 aromatic carbocycles. The van der Waals surface area contributed by atoms with Gasteiger partial charge in [-0.05, 0) is 18.6 Å². The molecule has 1 aliphatic rings. The number of halogens is 1. The van der Waals surface area contributed by atoms with Crippen LogP contribution in [0.4, 0.5) is 5.82 Å². The summed E-state index contributed by atoms with van der Waals surface area (Å²) in [6, 6.07) is 2.34. The summed E-state index contributed by atoms with van der Waals surface area (Å²) < 4.78 is 0. The van der Waals surface area contributed by atoms with Crippen LogP contribution in [0.1, 0.15) is 19.4 Å². The topological polar surface area (TPSA) is 42.2 Å². The summed E-state index contributed by atoms with van der Waals surface area (Å²) in [6.45, 7) is 5.93. The second-order valence-corrected chi connectivity index (χ2v) is 6.18. The van der Waals surface area contributed by atoms with Crippen LogP contribution < -0.4 is 10.6 Å². The van der Waals surface area contributed by atoms with Crippen LogP contribution in [0.2, 0.25) is 5.02 Å². The van der Waals surface area contributed by atoms with Crippen molar-refractivity contribution in [3.05, 3.63) is 22.8 Å². The number of nitrogens with two attached hydrogens (primary N) is 1. The predicted molar refractivity (Wildman–Crippen MR) is 75.9 cm³/mol. The van der Waals surface area contributed by atoms with Crippen molar-refractivity contribution >= 4 is 29.2 Å². The zero-order valence-electron chi connectivity index (χ0n) is 10.2. The van der Waals surface area contributed by atoms with Gasteiger partial charge < -0.3 is 10.6 Å². The van der Waals surface area contributed by atoms with Crippen LogP contribution in [-0.4, -0.2) is 28.6 Å². The van der Waals surface area contributed by atoms with E-state index in [-0.39, 0.29) is 0 Å². The number of thioether (sulfide) groups is 1. The van der Waals surface area contributed by atoms with Gasteiger partial charge in [0.2, 0.25) is 0 Å². The molecule has 1 aromatic heterocycles. The zero-order valence-corrected chi connectivity index (χ0v) is 11.8. The van der Waals surface area contributed by atoms with E-state index < -0.39 is 0 Å². The molecule has 94 valence electrons. The van der Waals surface area contributed by atoms with Gasteiger partial charge in [-0.15, -0.1) is 0 Å². The number of nitrogens with zero attached hydrogens (tertiary/aromatic N) is 2. The van der Waals surface area contributed by atoms with Crippen LogP contribution in [0, 0.1) is 0 Å². The van der Waals surface area contributed by atoms with Crippen molar-refractivity contribution in [1.29, 1.82) is 0 Å². The molecule has 2 heterocycles. The lowest BCUT2D eigenvalue weighted by Gasteiger charge is -2.38. The van der Waals surface area contributed by atoms with Crippen LogP contribution >= 0.6 is 23.4 Å². The quantitative estimate of drug-likeness (QED) is 0.898. The van der Waals surface area contributed by atoms with Crippen molar-refractivity contribution in [1.82, 2.24) is 4.98 Å². The van der Waals surface area contributed by atoms with E-state index in [0.717, 1.165) is 23.7 Å². The first-order valence-electron chi connectivity index (χ1n) is 5.87. The van der Waals surface area contributed by atoms with E-state index in [2.05, 4.69) is 23.7 Å². The lowest BCUT2D eigenvalue weighted by atomic mass is 10.2. The summed E-state index contributed by atoms with van der Waals surface area (Å²) in [5, 5.41) is 1.31. The fourth-order valence-electron chi connectivity index (χ4n) is 2.06. The Morgan fingerprint density at radius 2 is 2.35 bits per heavy atom. The summed E-state index contributed by atoms with van der Waals surface area (Å²) in [4.78, 5) is 6.72. The molecule has 17 heavy (non-hydrogen) atoms. The molecular weight excluding hydrogens is 254 g/mol. The third-order valence-electron chi connectivity index (χ3n) is 3.33. The van der Waals surface area contributed by atoms with Crippen LogP contribution in [0.5, 0.6) is 0 Å². The average molecular weight is 272 g/mol. The average Bonchev–Trinajstić information content (AvgIpc) is 2.33. The highest BCUT2D eigenvalue weighted by atomic mass is 35.5. The first kappa shape index (κ1) is 13.0. The van der Waals surface area contributed by atoms with Gasteiger partial charge >= 0.3 is 0 Å². The Bertz CT molecular complexity index is 399.